The summed E-state index contributed by atoms with van der Waals surface area (Å²) in [5.41, 5.74) is 2.79. The number of aromatic nitrogens is 1. The first kappa shape index (κ1) is 19.0. The van der Waals surface area contributed by atoms with Crippen molar-refractivity contribution >= 4 is 22.9 Å². The van der Waals surface area contributed by atoms with E-state index in [-0.39, 0.29) is 17.9 Å². The molecule has 0 aliphatic carbocycles. The van der Waals surface area contributed by atoms with Crippen LogP contribution in [0.4, 0.5) is 0 Å². The van der Waals surface area contributed by atoms with Gasteiger partial charge in [-0.1, -0.05) is 44.2 Å². The molecule has 0 bridgehead atoms. The van der Waals surface area contributed by atoms with E-state index in [1.165, 1.54) is 0 Å². The Morgan fingerprint density at radius 3 is 2.69 bits per heavy atom. The summed E-state index contributed by atoms with van der Waals surface area (Å²) >= 11 is 0. The number of carbonyl (C=O) groups excluding carboxylic acids is 1. The zero-order valence-electron chi connectivity index (χ0n) is 16.6. The van der Waals surface area contributed by atoms with Gasteiger partial charge in [-0.2, -0.15) is 0 Å². The number of pyridine rings is 1. The van der Waals surface area contributed by atoms with Crippen LogP contribution < -0.4 is 14.8 Å². The highest BCUT2D eigenvalue weighted by Gasteiger charge is 2.20. The molecule has 2 heterocycles. The summed E-state index contributed by atoms with van der Waals surface area (Å²) in [5, 5.41) is 4.16. The summed E-state index contributed by atoms with van der Waals surface area (Å²) in [7, 11) is 0. The lowest BCUT2D eigenvalue weighted by molar-refractivity contribution is -0.117. The summed E-state index contributed by atoms with van der Waals surface area (Å²) < 4.78 is 11.3. The van der Waals surface area contributed by atoms with Crippen LogP contribution in [0, 0.1) is 5.92 Å². The lowest BCUT2D eigenvalue weighted by Gasteiger charge is -2.25. The molecule has 1 amide bonds. The van der Waals surface area contributed by atoms with Gasteiger partial charge in [-0.25, -0.2) is 0 Å². The van der Waals surface area contributed by atoms with E-state index in [1.807, 2.05) is 54.6 Å². The van der Waals surface area contributed by atoms with Crippen LogP contribution in [0.25, 0.3) is 17.0 Å². The van der Waals surface area contributed by atoms with Crippen LogP contribution in [-0.2, 0) is 4.79 Å². The monoisotopic (exact) mass is 388 g/mol. The lowest BCUT2D eigenvalue weighted by Crippen LogP contribution is -2.30. The highest BCUT2D eigenvalue weighted by molar-refractivity contribution is 5.95. The maximum Gasteiger partial charge on any atom is 0.244 e. The Kier molecular flexibility index (Phi) is 5.47. The second-order valence-corrected chi connectivity index (χ2v) is 7.39. The van der Waals surface area contributed by atoms with Gasteiger partial charge in [-0.15, -0.1) is 0 Å². The normalized spacial score (nSPS) is 14.3. The van der Waals surface area contributed by atoms with E-state index in [9.17, 15) is 4.79 Å². The van der Waals surface area contributed by atoms with Gasteiger partial charge in [0.1, 0.15) is 13.2 Å². The van der Waals surface area contributed by atoms with Gasteiger partial charge in [0.15, 0.2) is 11.5 Å². The molecule has 2 aromatic carbocycles. The maximum atomic E-state index is 12.7. The van der Waals surface area contributed by atoms with Crippen molar-refractivity contribution in [1.82, 2.24) is 10.3 Å². The first-order chi connectivity index (χ1) is 14.1. The summed E-state index contributed by atoms with van der Waals surface area (Å²) in [4.78, 5) is 17.1. The molecule has 1 atom stereocenters. The SMILES string of the molecule is CC(C)C(NC(=O)/C=C/c1cccc2cccnc12)c1ccc2c(c1)OCCO2. The lowest BCUT2D eigenvalue weighted by atomic mass is 9.95. The number of benzene rings is 2. The molecule has 1 unspecified atom stereocenters. The third kappa shape index (κ3) is 4.24. The Bertz CT molecular complexity index is 1050. The molecule has 0 saturated heterocycles. The predicted molar refractivity (Wildman–Crippen MR) is 114 cm³/mol. The minimum atomic E-state index is -0.147. The van der Waals surface area contributed by atoms with E-state index in [2.05, 4.69) is 24.1 Å². The number of fused-ring (bicyclic) bond motifs is 2. The number of para-hydroxylation sites is 1. The van der Waals surface area contributed by atoms with Crippen LogP contribution in [-0.4, -0.2) is 24.1 Å². The summed E-state index contributed by atoms with van der Waals surface area (Å²) in [6.45, 7) is 5.27. The molecule has 1 N–H and O–H groups in total. The smallest absolute Gasteiger partial charge is 0.244 e. The molecule has 0 saturated carbocycles. The van der Waals surface area contributed by atoms with Crippen molar-refractivity contribution < 1.29 is 14.3 Å². The van der Waals surface area contributed by atoms with Crippen LogP contribution in [0.15, 0.2) is 60.8 Å². The van der Waals surface area contributed by atoms with Gasteiger partial charge in [0, 0.05) is 23.2 Å². The number of hydrogen-bond acceptors (Lipinski definition) is 4. The summed E-state index contributed by atoms with van der Waals surface area (Å²) in [6.07, 6.45) is 5.14. The fourth-order valence-electron chi connectivity index (χ4n) is 3.52. The van der Waals surface area contributed by atoms with E-state index in [1.54, 1.807) is 12.3 Å². The van der Waals surface area contributed by atoms with Crippen molar-refractivity contribution in [1.29, 1.82) is 0 Å². The van der Waals surface area contributed by atoms with Crippen molar-refractivity contribution in [2.24, 2.45) is 5.92 Å². The molecule has 29 heavy (non-hydrogen) atoms. The first-order valence-corrected chi connectivity index (χ1v) is 9.83. The highest BCUT2D eigenvalue weighted by atomic mass is 16.6. The van der Waals surface area contributed by atoms with E-state index in [4.69, 9.17) is 9.47 Å². The van der Waals surface area contributed by atoms with Crippen LogP contribution in [0.2, 0.25) is 0 Å². The molecule has 0 fully saturated rings. The second kappa shape index (κ2) is 8.35. The number of nitrogens with one attached hydrogen (secondary N) is 1. The molecule has 3 aromatic rings. The maximum absolute atomic E-state index is 12.7. The fourth-order valence-corrected chi connectivity index (χ4v) is 3.52. The van der Waals surface area contributed by atoms with Gasteiger partial charge >= 0.3 is 0 Å². The fraction of sp³-hybridized carbons (Fsp3) is 0.250. The first-order valence-electron chi connectivity index (χ1n) is 9.83. The molecule has 1 aliphatic heterocycles. The molecule has 0 radical (unpaired) electrons. The summed E-state index contributed by atoms with van der Waals surface area (Å²) in [6, 6.07) is 15.6. The number of rotatable bonds is 5. The van der Waals surface area contributed by atoms with Gasteiger partial charge in [0.25, 0.3) is 0 Å². The number of nitrogens with zero attached hydrogens (tertiary/aromatic N) is 1. The molecule has 1 aromatic heterocycles. The van der Waals surface area contributed by atoms with Crippen LogP contribution in [0.3, 0.4) is 0 Å². The molecule has 1 aliphatic rings. The quantitative estimate of drug-likeness (QED) is 0.652. The predicted octanol–water partition coefficient (Wildman–Crippen LogP) is 4.53. The molecular weight excluding hydrogens is 364 g/mol. The van der Waals surface area contributed by atoms with Crippen LogP contribution in [0.5, 0.6) is 11.5 Å². The van der Waals surface area contributed by atoms with E-state index in [0.717, 1.165) is 33.5 Å². The van der Waals surface area contributed by atoms with Crippen molar-refractivity contribution in [3.63, 3.8) is 0 Å². The number of hydrogen-bond donors (Lipinski definition) is 1. The minimum Gasteiger partial charge on any atom is -0.486 e. The largest absolute Gasteiger partial charge is 0.486 e. The van der Waals surface area contributed by atoms with Crippen molar-refractivity contribution in [3.8, 4) is 11.5 Å². The molecule has 0 spiro atoms. The number of carbonyl (C=O) groups is 1. The summed E-state index contributed by atoms with van der Waals surface area (Å²) in [5.74, 6) is 1.55. The van der Waals surface area contributed by atoms with Crippen molar-refractivity contribution in [3.05, 3.63) is 71.9 Å². The van der Waals surface area contributed by atoms with E-state index >= 15 is 0 Å². The zero-order valence-corrected chi connectivity index (χ0v) is 16.6. The Hall–Kier alpha value is -3.34. The second-order valence-electron chi connectivity index (χ2n) is 7.39. The van der Waals surface area contributed by atoms with Gasteiger partial charge in [0.2, 0.25) is 5.91 Å². The van der Waals surface area contributed by atoms with Crippen LogP contribution >= 0.6 is 0 Å². The number of amides is 1. The Balaban J connectivity index is 1.53. The molecule has 5 nitrogen and oxygen atoms in total. The van der Waals surface area contributed by atoms with Gasteiger partial charge < -0.3 is 14.8 Å². The van der Waals surface area contributed by atoms with E-state index < -0.39 is 0 Å². The molecule has 148 valence electrons. The topological polar surface area (TPSA) is 60.5 Å². The van der Waals surface area contributed by atoms with Crippen LogP contribution in [0.1, 0.15) is 31.0 Å². The Labute approximate surface area is 170 Å². The van der Waals surface area contributed by atoms with Crippen molar-refractivity contribution in [2.45, 2.75) is 19.9 Å². The molecule has 4 rings (SSSR count). The van der Waals surface area contributed by atoms with Gasteiger partial charge in [-0.05, 0) is 35.8 Å². The average Bonchev–Trinajstić information content (AvgIpc) is 2.75. The van der Waals surface area contributed by atoms with Crippen molar-refractivity contribution in [2.75, 3.05) is 13.2 Å². The zero-order chi connectivity index (χ0) is 20.2. The van der Waals surface area contributed by atoms with Gasteiger partial charge in [0.05, 0.1) is 11.6 Å². The third-order valence-corrected chi connectivity index (χ3v) is 4.97. The minimum absolute atomic E-state index is 0.131. The van der Waals surface area contributed by atoms with Gasteiger partial charge in [-0.3, -0.25) is 9.78 Å². The number of ether oxygens (including phenoxy) is 2. The Morgan fingerprint density at radius 1 is 1.07 bits per heavy atom. The standard InChI is InChI=1S/C24H24N2O3/c1-16(2)23(19-8-10-20-21(15-19)29-14-13-28-20)26-22(27)11-9-18-6-3-5-17-7-4-12-25-24(17)18/h3-12,15-16,23H,13-14H2,1-2H3,(H,26,27)/b11-9+. The third-order valence-electron chi connectivity index (χ3n) is 4.97. The Morgan fingerprint density at radius 2 is 1.86 bits per heavy atom. The average molecular weight is 388 g/mol. The molecule has 5 heteroatoms. The molecular formula is C24H24N2O3. The highest BCUT2D eigenvalue weighted by Crippen LogP contribution is 2.34. The van der Waals surface area contributed by atoms with E-state index in [0.29, 0.717) is 13.2 Å².